The highest BCUT2D eigenvalue weighted by Gasteiger charge is 2.32. The smallest absolute Gasteiger partial charge is 0.289 e. The Hall–Kier alpha value is -2.21. The normalized spacial score (nSPS) is 18.1. The summed E-state index contributed by atoms with van der Waals surface area (Å²) in [7, 11) is 0. The first kappa shape index (κ1) is 20.1. The number of furan rings is 1. The topological polar surface area (TPSA) is 53.8 Å². The van der Waals surface area contributed by atoms with E-state index >= 15 is 0 Å². The van der Waals surface area contributed by atoms with Gasteiger partial charge in [-0.3, -0.25) is 9.59 Å². The maximum absolute atomic E-state index is 13.0. The first-order valence-corrected chi connectivity index (χ1v) is 11.5. The fourth-order valence-corrected chi connectivity index (χ4v) is 5.06. The van der Waals surface area contributed by atoms with Crippen molar-refractivity contribution in [1.82, 2.24) is 9.80 Å². The fourth-order valence-electron chi connectivity index (χ4n) is 4.16. The number of carbonyl (C=O) groups is 2. The molecule has 1 aromatic heterocycles. The third-order valence-electron chi connectivity index (χ3n) is 5.88. The molecule has 2 saturated heterocycles. The van der Waals surface area contributed by atoms with Crippen LogP contribution < -0.4 is 0 Å². The van der Waals surface area contributed by atoms with E-state index in [0.29, 0.717) is 24.6 Å². The zero-order valence-corrected chi connectivity index (χ0v) is 17.5. The Bertz CT molecular complexity index is 822. The van der Waals surface area contributed by atoms with E-state index in [9.17, 15) is 9.59 Å². The van der Waals surface area contributed by atoms with Crippen LogP contribution in [0.3, 0.4) is 0 Å². The van der Waals surface area contributed by atoms with Gasteiger partial charge in [0.2, 0.25) is 5.91 Å². The van der Waals surface area contributed by atoms with Gasteiger partial charge < -0.3 is 14.2 Å². The minimum atomic E-state index is -0.0532. The molecule has 0 radical (unpaired) electrons. The molecule has 0 aliphatic carbocycles. The zero-order valence-electron chi connectivity index (χ0n) is 16.7. The van der Waals surface area contributed by atoms with Crippen LogP contribution in [0.1, 0.15) is 48.2 Å². The molecule has 0 bridgehead atoms. The summed E-state index contributed by atoms with van der Waals surface area (Å²) in [4.78, 5) is 30.8. The number of hydrogen-bond acceptors (Lipinski definition) is 4. The number of thioether (sulfide) groups is 1. The van der Waals surface area contributed by atoms with Crippen molar-refractivity contribution in [2.24, 2.45) is 5.92 Å². The van der Waals surface area contributed by atoms with Gasteiger partial charge in [-0.25, -0.2) is 0 Å². The minimum Gasteiger partial charge on any atom is -0.459 e. The van der Waals surface area contributed by atoms with Gasteiger partial charge in [0, 0.05) is 48.3 Å². The average molecular weight is 413 g/mol. The summed E-state index contributed by atoms with van der Waals surface area (Å²) in [5.74, 6) is 1.43. The van der Waals surface area contributed by atoms with E-state index < -0.39 is 0 Å². The van der Waals surface area contributed by atoms with Gasteiger partial charge in [-0.2, -0.15) is 0 Å². The van der Waals surface area contributed by atoms with E-state index in [2.05, 4.69) is 12.1 Å². The summed E-state index contributed by atoms with van der Waals surface area (Å²) in [5.41, 5.74) is 0.926. The minimum absolute atomic E-state index is 0.0532. The van der Waals surface area contributed by atoms with E-state index in [1.54, 1.807) is 18.0 Å². The lowest BCUT2D eigenvalue weighted by atomic mass is 9.94. The molecule has 5 nitrogen and oxygen atoms in total. The lowest BCUT2D eigenvalue weighted by molar-refractivity contribution is -0.137. The average Bonchev–Trinajstić information content (AvgIpc) is 3.27. The maximum atomic E-state index is 13.0. The summed E-state index contributed by atoms with van der Waals surface area (Å²) in [6.45, 7) is 3.03. The number of piperidine rings is 2. The Kier molecular flexibility index (Phi) is 6.60. The summed E-state index contributed by atoms with van der Waals surface area (Å²) in [6.07, 6.45) is 6.55. The van der Waals surface area contributed by atoms with Crippen LogP contribution in [-0.4, -0.2) is 47.8 Å². The standard InChI is InChI=1S/C23H28N2O3S/c26-22(24-12-5-2-6-13-24)18-9-14-25(15-10-18)23(27)21-19(11-16-28-21)17-29-20-7-3-1-4-8-20/h1,3-4,7-8,11,16,18H,2,5-6,9-10,12-15,17H2. The molecule has 2 amide bonds. The zero-order chi connectivity index (χ0) is 20.1. The molecule has 29 heavy (non-hydrogen) atoms. The van der Waals surface area contributed by atoms with E-state index in [1.807, 2.05) is 34.1 Å². The Balaban J connectivity index is 1.32. The molecule has 154 valence electrons. The summed E-state index contributed by atoms with van der Waals surface area (Å²) in [5, 5.41) is 0. The summed E-state index contributed by atoms with van der Waals surface area (Å²) < 4.78 is 5.56. The van der Waals surface area contributed by atoms with Crippen molar-refractivity contribution in [3.63, 3.8) is 0 Å². The van der Waals surface area contributed by atoms with Crippen molar-refractivity contribution in [1.29, 1.82) is 0 Å². The van der Waals surface area contributed by atoms with Crippen LogP contribution in [0.25, 0.3) is 0 Å². The molecular formula is C23H28N2O3S. The second-order valence-corrected chi connectivity index (χ2v) is 8.88. The Morgan fingerprint density at radius 3 is 2.38 bits per heavy atom. The van der Waals surface area contributed by atoms with Crippen molar-refractivity contribution < 1.29 is 14.0 Å². The molecule has 0 N–H and O–H groups in total. The maximum Gasteiger partial charge on any atom is 0.289 e. The van der Waals surface area contributed by atoms with Crippen LogP contribution in [0, 0.1) is 5.92 Å². The SMILES string of the molecule is O=C(c1occc1CSc1ccccc1)N1CCC(C(=O)N2CCCCC2)CC1. The van der Waals surface area contributed by atoms with E-state index in [1.165, 1.54) is 11.3 Å². The quantitative estimate of drug-likeness (QED) is 0.682. The van der Waals surface area contributed by atoms with Crippen LogP contribution in [-0.2, 0) is 10.5 Å². The Morgan fingerprint density at radius 1 is 0.931 bits per heavy atom. The fraction of sp³-hybridized carbons (Fsp3) is 0.478. The van der Waals surface area contributed by atoms with Crippen LogP contribution in [0.4, 0.5) is 0 Å². The highest BCUT2D eigenvalue weighted by Crippen LogP contribution is 2.27. The monoisotopic (exact) mass is 412 g/mol. The van der Waals surface area contributed by atoms with E-state index in [4.69, 9.17) is 4.42 Å². The predicted molar refractivity (Wildman–Crippen MR) is 114 cm³/mol. The number of nitrogens with zero attached hydrogens (tertiary/aromatic N) is 2. The molecule has 4 rings (SSSR count). The summed E-state index contributed by atoms with van der Waals surface area (Å²) in [6, 6.07) is 12.0. The number of likely N-dealkylation sites (tertiary alicyclic amines) is 2. The molecule has 0 unspecified atom stereocenters. The molecule has 0 saturated carbocycles. The van der Waals surface area contributed by atoms with Crippen molar-refractivity contribution in [3.8, 4) is 0 Å². The predicted octanol–water partition coefficient (Wildman–Crippen LogP) is 4.44. The van der Waals surface area contributed by atoms with Gasteiger partial charge in [0.25, 0.3) is 5.91 Å². The Labute approximate surface area is 176 Å². The van der Waals surface area contributed by atoms with E-state index in [-0.39, 0.29) is 17.7 Å². The molecule has 6 heteroatoms. The number of rotatable bonds is 5. The number of carbonyl (C=O) groups excluding carboxylic acids is 2. The molecule has 2 aliphatic heterocycles. The largest absolute Gasteiger partial charge is 0.459 e. The lowest BCUT2D eigenvalue weighted by Crippen LogP contribution is -2.45. The van der Waals surface area contributed by atoms with Gasteiger partial charge in [0.05, 0.1) is 6.26 Å². The van der Waals surface area contributed by atoms with Crippen LogP contribution >= 0.6 is 11.8 Å². The van der Waals surface area contributed by atoms with Gasteiger partial charge in [-0.15, -0.1) is 11.8 Å². The van der Waals surface area contributed by atoms with Gasteiger partial charge in [0.15, 0.2) is 5.76 Å². The molecule has 2 aliphatic rings. The van der Waals surface area contributed by atoms with Gasteiger partial charge in [-0.05, 0) is 50.3 Å². The Morgan fingerprint density at radius 2 is 1.66 bits per heavy atom. The molecule has 2 fully saturated rings. The van der Waals surface area contributed by atoms with Gasteiger partial charge in [0.1, 0.15) is 0 Å². The second kappa shape index (κ2) is 9.53. The van der Waals surface area contributed by atoms with Crippen molar-refractivity contribution >= 4 is 23.6 Å². The first-order chi connectivity index (χ1) is 14.2. The van der Waals surface area contributed by atoms with Crippen molar-refractivity contribution in [2.75, 3.05) is 26.2 Å². The third-order valence-corrected chi connectivity index (χ3v) is 6.94. The molecule has 2 aromatic rings. The van der Waals surface area contributed by atoms with Crippen molar-refractivity contribution in [3.05, 3.63) is 54.0 Å². The second-order valence-electron chi connectivity index (χ2n) is 7.83. The first-order valence-electron chi connectivity index (χ1n) is 10.5. The molecule has 0 spiro atoms. The van der Waals surface area contributed by atoms with Gasteiger partial charge in [-0.1, -0.05) is 18.2 Å². The van der Waals surface area contributed by atoms with Crippen LogP contribution in [0.2, 0.25) is 0 Å². The van der Waals surface area contributed by atoms with Crippen LogP contribution in [0.5, 0.6) is 0 Å². The molecule has 0 atom stereocenters. The molecule has 3 heterocycles. The van der Waals surface area contributed by atoms with Crippen molar-refractivity contribution in [2.45, 2.75) is 42.8 Å². The summed E-state index contributed by atoms with van der Waals surface area (Å²) >= 11 is 1.70. The third kappa shape index (κ3) is 4.86. The molecule has 1 aromatic carbocycles. The highest BCUT2D eigenvalue weighted by atomic mass is 32.2. The van der Waals surface area contributed by atoms with E-state index in [0.717, 1.165) is 44.3 Å². The number of amides is 2. The highest BCUT2D eigenvalue weighted by molar-refractivity contribution is 7.98. The van der Waals surface area contributed by atoms with Crippen LogP contribution in [0.15, 0.2) is 52.0 Å². The lowest BCUT2D eigenvalue weighted by Gasteiger charge is -2.35. The van der Waals surface area contributed by atoms with Gasteiger partial charge >= 0.3 is 0 Å². The number of hydrogen-bond donors (Lipinski definition) is 0. The molecular weight excluding hydrogens is 384 g/mol. The number of benzene rings is 1.